The predicted octanol–water partition coefficient (Wildman–Crippen LogP) is 4.23. The first kappa shape index (κ1) is 17.0. The summed E-state index contributed by atoms with van der Waals surface area (Å²) >= 11 is 0. The topological polar surface area (TPSA) is 35.5 Å². The lowest BCUT2D eigenvalue weighted by Crippen LogP contribution is -2.46. The van der Waals surface area contributed by atoms with Crippen molar-refractivity contribution in [2.75, 3.05) is 0 Å². The molecule has 0 N–H and O–H groups in total. The van der Waals surface area contributed by atoms with Crippen LogP contribution in [0.4, 0.5) is 0 Å². The summed E-state index contributed by atoms with van der Waals surface area (Å²) in [4.78, 5) is 12.1. The summed E-state index contributed by atoms with van der Waals surface area (Å²) < 4.78 is 11.2. The van der Waals surface area contributed by atoms with Gasteiger partial charge in [0.15, 0.2) is 0 Å². The highest BCUT2D eigenvalue weighted by Crippen LogP contribution is 2.31. The number of carbonyl (C=O) groups excluding carboxylic acids is 1. The normalized spacial score (nSPS) is 26.7. The first-order valence-corrected chi connectivity index (χ1v) is 7.54. The van der Waals surface area contributed by atoms with Crippen molar-refractivity contribution in [1.82, 2.24) is 0 Å². The fourth-order valence-electron chi connectivity index (χ4n) is 2.01. The minimum absolute atomic E-state index is 0.174. The fraction of sp³-hybridized carbons (Fsp3) is 0.765. The van der Waals surface area contributed by atoms with Crippen molar-refractivity contribution in [3.05, 3.63) is 17.4 Å². The lowest BCUT2D eigenvalue weighted by Gasteiger charge is -2.38. The van der Waals surface area contributed by atoms with Gasteiger partial charge in [0.05, 0.1) is 6.10 Å². The third-order valence-electron chi connectivity index (χ3n) is 3.46. The van der Waals surface area contributed by atoms with E-state index >= 15 is 0 Å². The Morgan fingerprint density at radius 3 is 2.55 bits per heavy atom. The average Bonchev–Trinajstić information content (AvgIpc) is 2.34. The third kappa shape index (κ3) is 4.81. The summed E-state index contributed by atoms with van der Waals surface area (Å²) in [6.45, 7) is 12.1. The predicted molar refractivity (Wildman–Crippen MR) is 80.2 cm³/mol. The molecule has 0 amide bonds. The van der Waals surface area contributed by atoms with Gasteiger partial charge in [0.25, 0.3) is 0 Å². The zero-order valence-corrected chi connectivity index (χ0v) is 13.7. The van der Waals surface area contributed by atoms with Gasteiger partial charge in [0, 0.05) is 5.41 Å². The number of hydrogen-bond acceptors (Lipinski definition) is 3. The molecule has 1 fully saturated rings. The summed E-state index contributed by atoms with van der Waals surface area (Å²) in [5.74, 6) is -0.565. The van der Waals surface area contributed by atoms with Crippen molar-refractivity contribution in [3.63, 3.8) is 0 Å². The largest absolute Gasteiger partial charge is 0.435 e. The molecule has 3 heteroatoms. The van der Waals surface area contributed by atoms with E-state index in [0.29, 0.717) is 0 Å². The Balaban J connectivity index is 2.74. The van der Waals surface area contributed by atoms with Crippen LogP contribution in [-0.2, 0) is 14.3 Å². The van der Waals surface area contributed by atoms with Crippen molar-refractivity contribution < 1.29 is 14.3 Å². The van der Waals surface area contributed by atoms with Gasteiger partial charge in [0.1, 0.15) is 5.92 Å². The van der Waals surface area contributed by atoms with Crippen LogP contribution >= 0.6 is 0 Å². The number of rotatable bonds is 4. The van der Waals surface area contributed by atoms with Crippen LogP contribution < -0.4 is 0 Å². The second-order valence-corrected chi connectivity index (χ2v) is 6.70. The van der Waals surface area contributed by atoms with Crippen LogP contribution in [0.3, 0.4) is 0 Å². The van der Waals surface area contributed by atoms with Gasteiger partial charge in [-0.2, -0.15) is 0 Å². The molecule has 1 rings (SSSR count). The highest BCUT2D eigenvalue weighted by molar-refractivity contribution is 5.75. The molecule has 0 aromatic carbocycles. The van der Waals surface area contributed by atoms with E-state index in [-0.39, 0.29) is 23.4 Å². The molecule has 0 aromatic heterocycles. The first-order valence-electron chi connectivity index (χ1n) is 7.54. The molecule has 0 radical (unpaired) electrons. The quantitative estimate of drug-likeness (QED) is 0.571. The van der Waals surface area contributed by atoms with E-state index in [0.717, 1.165) is 19.3 Å². The van der Waals surface area contributed by atoms with Gasteiger partial charge in [-0.15, -0.1) is 5.73 Å². The number of unbranched alkanes of at least 4 members (excludes halogenated alkanes) is 1. The summed E-state index contributed by atoms with van der Waals surface area (Å²) in [6, 6.07) is 0. The van der Waals surface area contributed by atoms with Crippen LogP contribution in [0.15, 0.2) is 17.4 Å². The van der Waals surface area contributed by atoms with Crippen LogP contribution in [0.1, 0.15) is 60.8 Å². The lowest BCUT2D eigenvalue weighted by atomic mass is 9.93. The van der Waals surface area contributed by atoms with Crippen LogP contribution in [-0.4, -0.2) is 18.4 Å². The van der Waals surface area contributed by atoms with E-state index in [1.54, 1.807) is 6.08 Å². The summed E-state index contributed by atoms with van der Waals surface area (Å²) in [5.41, 5.74) is 4.18. The second-order valence-electron chi connectivity index (χ2n) is 6.70. The fourth-order valence-corrected chi connectivity index (χ4v) is 2.01. The minimum Gasteiger partial charge on any atom is -0.435 e. The molecular formula is C17H28O3. The van der Waals surface area contributed by atoms with Crippen molar-refractivity contribution in [2.24, 2.45) is 11.3 Å². The monoisotopic (exact) mass is 280 g/mol. The van der Waals surface area contributed by atoms with E-state index in [4.69, 9.17) is 9.47 Å². The maximum atomic E-state index is 12.1. The minimum atomic E-state index is -0.472. The Morgan fingerprint density at radius 2 is 2.05 bits per heavy atom. The van der Waals surface area contributed by atoms with Gasteiger partial charge in [-0.1, -0.05) is 34.1 Å². The molecule has 3 atom stereocenters. The first-order chi connectivity index (χ1) is 9.25. The molecule has 1 aliphatic heterocycles. The number of cyclic esters (lactones) is 1. The Kier molecular flexibility index (Phi) is 6.04. The molecule has 0 unspecified atom stereocenters. The van der Waals surface area contributed by atoms with Crippen molar-refractivity contribution in [2.45, 2.75) is 73.2 Å². The standard InChI is InChI=1S/C17H28O3/c1-7-8-9-12(2)10-11-14-13(3)19-16(17(4,5)6)20-15(14)18/h11,13-14,16H,7-9H2,1-6H3/t10?,13-,14-,16-/m1/s1. The average molecular weight is 280 g/mol. The number of ether oxygens (including phenoxy) is 2. The van der Waals surface area contributed by atoms with Gasteiger partial charge in [-0.25, -0.2) is 0 Å². The van der Waals surface area contributed by atoms with E-state index in [9.17, 15) is 4.79 Å². The van der Waals surface area contributed by atoms with Gasteiger partial charge in [0.2, 0.25) is 6.29 Å². The second kappa shape index (κ2) is 7.10. The van der Waals surface area contributed by atoms with Crippen molar-refractivity contribution in [1.29, 1.82) is 0 Å². The van der Waals surface area contributed by atoms with Gasteiger partial charge in [-0.05, 0) is 38.3 Å². The molecule has 0 spiro atoms. The molecule has 0 bridgehead atoms. The zero-order valence-electron chi connectivity index (χ0n) is 13.7. The maximum absolute atomic E-state index is 12.1. The number of hydrogen-bond donors (Lipinski definition) is 0. The van der Waals surface area contributed by atoms with Crippen molar-refractivity contribution >= 4 is 5.97 Å². The lowest BCUT2D eigenvalue weighted by molar-refractivity contribution is -0.249. The van der Waals surface area contributed by atoms with Gasteiger partial charge < -0.3 is 9.47 Å². The number of esters is 1. The molecule has 3 nitrogen and oxygen atoms in total. The SMILES string of the molecule is CCCCC(C)=C=C[C@H]1C(=O)O[C@H](C(C)(C)C)O[C@@H]1C. The molecule has 20 heavy (non-hydrogen) atoms. The van der Waals surface area contributed by atoms with Crippen LogP contribution in [0, 0.1) is 11.3 Å². The summed E-state index contributed by atoms with van der Waals surface area (Å²) in [6.07, 6.45) is 4.50. The smallest absolute Gasteiger partial charge is 0.318 e. The molecule has 114 valence electrons. The van der Waals surface area contributed by atoms with Gasteiger partial charge >= 0.3 is 5.97 Å². The van der Waals surface area contributed by atoms with Crippen molar-refractivity contribution in [3.8, 4) is 0 Å². The summed E-state index contributed by atoms with van der Waals surface area (Å²) in [5, 5.41) is 0. The molecule has 1 aliphatic rings. The Hall–Kier alpha value is -1.05. The van der Waals surface area contributed by atoms with Crippen LogP contribution in [0.2, 0.25) is 0 Å². The Morgan fingerprint density at radius 1 is 1.40 bits per heavy atom. The molecule has 0 saturated carbocycles. The molecular weight excluding hydrogens is 252 g/mol. The number of carbonyl (C=O) groups is 1. The van der Waals surface area contributed by atoms with E-state index in [1.165, 1.54) is 5.57 Å². The summed E-state index contributed by atoms with van der Waals surface area (Å²) in [7, 11) is 0. The van der Waals surface area contributed by atoms with Crippen LogP contribution in [0.5, 0.6) is 0 Å². The Labute approximate surface area is 123 Å². The highest BCUT2D eigenvalue weighted by Gasteiger charge is 2.40. The molecule has 0 aliphatic carbocycles. The molecule has 0 aromatic rings. The van der Waals surface area contributed by atoms with E-state index < -0.39 is 6.29 Å². The Bertz CT molecular complexity index is 397. The highest BCUT2D eigenvalue weighted by atomic mass is 16.7. The zero-order chi connectivity index (χ0) is 15.3. The van der Waals surface area contributed by atoms with Crippen LogP contribution in [0.25, 0.3) is 0 Å². The van der Waals surface area contributed by atoms with E-state index in [2.05, 4.69) is 12.7 Å². The molecule has 1 saturated heterocycles. The van der Waals surface area contributed by atoms with Gasteiger partial charge in [-0.3, -0.25) is 4.79 Å². The molecule has 1 heterocycles. The third-order valence-corrected chi connectivity index (χ3v) is 3.46. The maximum Gasteiger partial charge on any atom is 0.318 e. The van der Waals surface area contributed by atoms with E-state index in [1.807, 2.05) is 34.6 Å².